The van der Waals surface area contributed by atoms with Crippen molar-refractivity contribution in [3.8, 4) is 11.3 Å². The molecule has 0 radical (unpaired) electrons. The number of para-hydroxylation sites is 1. The molecule has 1 N–H and O–H groups in total. The number of nitrogens with one attached hydrogen (secondary N) is 1. The monoisotopic (exact) mass is 360 g/mol. The second-order valence-electron chi connectivity index (χ2n) is 6.00. The van der Waals surface area contributed by atoms with Gasteiger partial charge in [-0.25, -0.2) is 9.97 Å². The van der Waals surface area contributed by atoms with Crippen molar-refractivity contribution in [1.29, 1.82) is 0 Å². The van der Waals surface area contributed by atoms with Gasteiger partial charge < -0.3 is 5.32 Å². The number of pyridine rings is 2. The van der Waals surface area contributed by atoms with Gasteiger partial charge >= 0.3 is 0 Å². The smallest absolute Gasteiger partial charge is 0.230 e. The summed E-state index contributed by atoms with van der Waals surface area (Å²) in [5.74, 6) is -0.100. The molecule has 0 saturated heterocycles. The minimum absolute atomic E-state index is 0.100. The molecule has 0 aliphatic rings. The summed E-state index contributed by atoms with van der Waals surface area (Å²) >= 11 is 1.40. The minimum atomic E-state index is -0.100. The van der Waals surface area contributed by atoms with Gasteiger partial charge in [-0.2, -0.15) is 0 Å². The third kappa shape index (κ3) is 3.45. The van der Waals surface area contributed by atoms with Crippen LogP contribution >= 0.6 is 11.3 Å². The van der Waals surface area contributed by atoms with E-state index in [2.05, 4.69) is 21.4 Å². The molecule has 0 atom stereocenters. The van der Waals surface area contributed by atoms with Crippen LogP contribution in [0.1, 0.15) is 11.1 Å². The fraction of sp³-hybridized carbons (Fsp3) is 0.100. The quantitative estimate of drug-likeness (QED) is 0.591. The first-order valence-corrected chi connectivity index (χ1v) is 9.07. The fourth-order valence-electron chi connectivity index (χ4n) is 2.83. The summed E-state index contributed by atoms with van der Waals surface area (Å²) in [5.41, 5.74) is 4.62. The van der Waals surface area contributed by atoms with Crippen LogP contribution in [-0.2, 0) is 11.2 Å². The van der Waals surface area contributed by atoms with Crippen LogP contribution in [0.4, 0.5) is 5.13 Å². The molecule has 4 aromatic rings. The Balaban J connectivity index is 1.68. The van der Waals surface area contributed by atoms with Crippen molar-refractivity contribution < 1.29 is 4.79 Å². The lowest BCUT2D eigenvalue weighted by molar-refractivity contribution is -0.115. The van der Waals surface area contributed by atoms with E-state index < -0.39 is 0 Å². The van der Waals surface area contributed by atoms with Crippen LogP contribution in [0.3, 0.4) is 0 Å². The lowest BCUT2D eigenvalue weighted by Gasteiger charge is -2.08. The molecule has 6 heteroatoms. The van der Waals surface area contributed by atoms with Gasteiger partial charge in [-0.1, -0.05) is 24.3 Å². The molecule has 0 spiro atoms. The molecule has 128 valence electrons. The van der Waals surface area contributed by atoms with Gasteiger partial charge in [-0.3, -0.25) is 9.78 Å². The Kier molecular flexibility index (Phi) is 4.41. The van der Waals surface area contributed by atoms with Crippen LogP contribution in [0, 0.1) is 6.92 Å². The standard InChI is InChI=1S/C20H16N4OS/c1-13-9-16(12-21-11-13)17-6-5-14-3-2-4-15(19(14)23-17)10-18(25)24-20-22-7-8-26-20/h2-9,11-12H,10H2,1H3,(H,22,24,25). The molecular formula is C20H16N4OS. The van der Waals surface area contributed by atoms with Crippen LogP contribution in [0.25, 0.3) is 22.2 Å². The fourth-order valence-corrected chi connectivity index (χ4v) is 3.37. The second-order valence-corrected chi connectivity index (χ2v) is 6.89. The SMILES string of the molecule is Cc1cncc(-c2ccc3cccc(CC(=O)Nc4nccs4)c3n2)c1. The van der Waals surface area contributed by atoms with E-state index in [-0.39, 0.29) is 12.3 Å². The molecule has 5 nitrogen and oxygen atoms in total. The highest BCUT2D eigenvalue weighted by Crippen LogP contribution is 2.24. The summed E-state index contributed by atoms with van der Waals surface area (Å²) in [6.45, 7) is 2.01. The van der Waals surface area contributed by atoms with Crippen molar-refractivity contribution in [3.63, 3.8) is 0 Å². The lowest BCUT2D eigenvalue weighted by Crippen LogP contribution is -2.14. The first-order chi connectivity index (χ1) is 12.7. The Morgan fingerprint density at radius 2 is 2.12 bits per heavy atom. The summed E-state index contributed by atoms with van der Waals surface area (Å²) in [6, 6.07) is 12.0. The van der Waals surface area contributed by atoms with Gasteiger partial charge in [-0.15, -0.1) is 11.3 Å². The first kappa shape index (κ1) is 16.4. The number of anilines is 1. The van der Waals surface area contributed by atoms with Crippen molar-refractivity contribution in [2.45, 2.75) is 13.3 Å². The maximum Gasteiger partial charge on any atom is 0.230 e. The van der Waals surface area contributed by atoms with Crippen LogP contribution in [-0.4, -0.2) is 20.9 Å². The van der Waals surface area contributed by atoms with Crippen LogP contribution in [0.5, 0.6) is 0 Å². The van der Waals surface area contributed by atoms with E-state index in [1.54, 1.807) is 12.4 Å². The Bertz CT molecular complexity index is 1080. The highest BCUT2D eigenvalue weighted by atomic mass is 32.1. The van der Waals surface area contributed by atoms with Crippen molar-refractivity contribution in [2.24, 2.45) is 0 Å². The number of nitrogens with zero attached hydrogens (tertiary/aromatic N) is 3. The molecule has 1 amide bonds. The maximum atomic E-state index is 12.3. The zero-order valence-electron chi connectivity index (χ0n) is 14.1. The van der Waals surface area contributed by atoms with E-state index in [9.17, 15) is 4.79 Å². The average molecular weight is 360 g/mol. The summed E-state index contributed by atoms with van der Waals surface area (Å²) in [6.07, 6.45) is 5.54. The molecule has 0 fully saturated rings. The van der Waals surface area contributed by atoms with E-state index in [4.69, 9.17) is 4.98 Å². The van der Waals surface area contributed by atoms with Gasteiger partial charge in [0.25, 0.3) is 0 Å². The maximum absolute atomic E-state index is 12.3. The summed E-state index contributed by atoms with van der Waals surface area (Å²) in [4.78, 5) is 25.5. The number of aromatic nitrogens is 3. The van der Waals surface area contributed by atoms with Gasteiger partial charge in [0.2, 0.25) is 5.91 Å². The van der Waals surface area contributed by atoms with Gasteiger partial charge in [0.05, 0.1) is 17.6 Å². The Morgan fingerprint density at radius 1 is 1.19 bits per heavy atom. The number of benzene rings is 1. The number of aryl methyl sites for hydroxylation is 1. The third-order valence-electron chi connectivity index (χ3n) is 4.00. The number of carbonyl (C=O) groups excluding carboxylic acids is 1. The number of carbonyl (C=O) groups is 1. The predicted octanol–water partition coefficient (Wildman–Crippen LogP) is 4.24. The lowest BCUT2D eigenvalue weighted by atomic mass is 10.0. The van der Waals surface area contributed by atoms with Gasteiger partial charge in [0.1, 0.15) is 0 Å². The van der Waals surface area contributed by atoms with Gasteiger partial charge in [0.15, 0.2) is 5.13 Å². The molecule has 3 aromatic heterocycles. The normalized spacial score (nSPS) is 10.8. The number of hydrogen-bond acceptors (Lipinski definition) is 5. The average Bonchev–Trinajstić information content (AvgIpc) is 3.14. The van der Waals surface area contributed by atoms with E-state index >= 15 is 0 Å². The van der Waals surface area contributed by atoms with Crippen molar-refractivity contribution in [2.75, 3.05) is 5.32 Å². The summed E-state index contributed by atoms with van der Waals surface area (Å²) in [5, 5.41) is 6.26. The molecule has 0 aliphatic carbocycles. The first-order valence-electron chi connectivity index (χ1n) is 8.19. The van der Waals surface area contributed by atoms with Crippen molar-refractivity contribution in [3.05, 3.63) is 71.5 Å². The highest BCUT2D eigenvalue weighted by molar-refractivity contribution is 7.13. The Hall–Kier alpha value is -3.12. The molecular weight excluding hydrogens is 344 g/mol. The Labute approximate surface area is 154 Å². The number of amides is 1. The zero-order chi connectivity index (χ0) is 17.9. The van der Waals surface area contributed by atoms with Crippen LogP contribution < -0.4 is 5.32 Å². The van der Waals surface area contributed by atoms with E-state index in [0.717, 1.165) is 33.3 Å². The molecule has 0 saturated carbocycles. The zero-order valence-corrected chi connectivity index (χ0v) is 15.0. The Morgan fingerprint density at radius 3 is 2.92 bits per heavy atom. The number of hydrogen-bond donors (Lipinski definition) is 1. The predicted molar refractivity (Wildman–Crippen MR) is 104 cm³/mol. The molecule has 0 aliphatic heterocycles. The van der Waals surface area contributed by atoms with Gasteiger partial charge in [-0.05, 0) is 30.2 Å². The van der Waals surface area contributed by atoms with Crippen molar-refractivity contribution >= 4 is 33.3 Å². The molecule has 4 rings (SSSR count). The van der Waals surface area contributed by atoms with Crippen molar-refractivity contribution in [1.82, 2.24) is 15.0 Å². The van der Waals surface area contributed by atoms with Crippen LogP contribution in [0.2, 0.25) is 0 Å². The summed E-state index contributed by atoms with van der Waals surface area (Å²) < 4.78 is 0. The number of thiazole rings is 1. The molecule has 3 heterocycles. The van der Waals surface area contributed by atoms with Gasteiger partial charge in [0, 0.05) is 34.9 Å². The van der Waals surface area contributed by atoms with E-state index in [1.807, 2.05) is 48.8 Å². The second kappa shape index (κ2) is 7.01. The molecule has 0 bridgehead atoms. The topological polar surface area (TPSA) is 67.8 Å². The van der Waals surface area contributed by atoms with Crippen LogP contribution in [0.15, 0.2) is 60.4 Å². The van der Waals surface area contributed by atoms with E-state index in [0.29, 0.717) is 5.13 Å². The highest BCUT2D eigenvalue weighted by Gasteiger charge is 2.11. The minimum Gasteiger partial charge on any atom is -0.302 e. The number of fused-ring (bicyclic) bond motifs is 1. The number of rotatable bonds is 4. The third-order valence-corrected chi connectivity index (χ3v) is 4.69. The molecule has 0 unspecified atom stereocenters. The molecule has 26 heavy (non-hydrogen) atoms. The largest absolute Gasteiger partial charge is 0.302 e. The van der Waals surface area contributed by atoms with E-state index in [1.165, 1.54) is 11.3 Å². The molecule has 1 aromatic carbocycles. The summed E-state index contributed by atoms with van der Waals surface area (Å²) in [7, 11) is 0.